The van der Waals surface area contributed by atoms with Crippen LogP contribution in [0.2, 0.25) is 5.02 Å². The SMILES string of the molecule is CN(C)C1CCN(CCC2CSC(c3cc4cc(Cl)cc(NC5CCCC5)c4[nH]3)=N2)C1. The monoisotopic (exact) mass is 459 g/mol. The quantitative estimate of drug-likeness (QED) is 0.607. The van der Waals surface area contributed by atoms with Gasteiger partial charge in [0.2, 0.25) is 0 Å². The summed E-state index contributed by atoms with van der Waals surface area (Å²) in [5, 5.41) is 6.84. The lowest BCUT2D eigenvalue weighted by Crippen LogP contribution is -2.32. The van der Waals surface area contributed by atoms with E-state index in [1.54, 1.807) is 0 Å². The number of nitrogens with one attached hydrogen (secondary N) is 2. The predicted octanol–water partition coefficient (Wildman–Crippen LogP) is 5.06. The van der Waals surface area contributed by atoms with E-state index >= 15 is 0 Å². The molecular weight excluding hydrogens is 426 g/mol. The van der Waals surface area contributed by atoms with E-state index in [9.17, 15) is 0 Å². The number of hydrogen-bond donors (Lipinski definition) is 2. The van der Waals surface area contributed by atoms with Gasteiger partial charge < -0.3 is 20.1 Å². The molecule has 1 aromatic carbocycles. The number of H-pyrrole nitrogens is 1. The Morgan fingerprint density at radius 1 is 1.23 bits per heavy atom. The van der Waals surface area contributed by atoms with Gasteiger partial charge in [-0.2, -0.15) is 0 Å². The van der Waals surface area contributed by atoms with Crippen LogP contribution in [0.5, 0.6) is 0 Å². The molecule has 2 aliphatic heterocycles. The van der Waals surface area contributed by atoms with E-state index in [1.807, 2.05) is 11.8 Å². The van der Waals surface area contributed by atoms with E-state index in [2.05, 4.69) is 52.4 Å². The third-order valence-corrected chi connectivity index (χ3v) is 8.48. The van der Waals surface area contributed by atoms with Gasteiger partial charge in [0.25, 0.3) is 0 Å². The Kier molecular flexibility index (Phi) is 6.52. The normalized spacial score (nSPS) is 25.2. The molecule has 2 fully saturated rings. The summed E-state index contributed by atoms with van der Waals surface area (Å²) in [6.07, 6.45) is 7.57. The highest BCUT2D eigenvalue weighted by Gasteiger charge is 2.26. The maximum absolute atomic E-state index is 6.44. The molecule has 0 radical (unpaired) electrons. The number of aromatic nitrogens is 1. The van der Waals surface area contributed by atoms with Gasteiger partial charge >= 0.3 is 0 Å². The number of hydrogen-bond acceptors (Lipinski definition) is 5. The highest BCUT2D eigenvalue weighted by Crippen LogP contribution is 2.33. The first-order valence-corrected chi connectivity index (χ1v) is 13.1. The Morgan fingerprint density at radius 3 is 2.84 bits per heavy atom. The first-order valence-electron chi connectivity index (χ1n) is 11.7. The number of rotatable bonds is 7. The van der Waals surface area contributed by atoms with Crippen molar-refractivity contribution in [1.82, 2.24) is 14.8 Å². The van der Waals surface area contributed by atoms with Gasteiger partial charge in [0.1, 0.15) is 5.04 Å². The molecule has 31 heavy (non-hydrogen) atoms. The Balaban J connectivity index is 1.26. The van der Waals surface area contributed by atoms with Gasteiger partial charge in [0.15, 0.2) is 0 Å². The molecule has 2 atom stereocenters. The number of anilines is 1. The van der Waals surface area contributed by atoms with Gasteiger partial charge in [-0.1, -0.05) is 24.4 Å². The lowest BCUT2D eigenvalue weighted by atomic mass is 10.2. The predicted molar refractivity (Wildman–Crippen MR) is 135 cm³/mol. The topological polar surface area (TPSA) is 46.7 Å². The summed E-state index contributed by atoms with van der Waals surface area (Å²) >= 11 is 8.33. The van der Waals surface area contributed by atoms with Crippen LogP contribution in [0.3, 0.4) is 0 Å². The van der Waals surface area contributed by atoms with Crippen LogP contribution < -0.4 is 5.32 Å². The summed E-state index contributed by atoms with van der Waals surface area (Å²) in [6, 6.07) is 8.03. The second kappa shape index (κ2) is 9.34. The number of halogens is 1. The molecule has 7 heteroatoms. The zero-order chi connectivity index (χ0) is 21.4. The number of benzene rings is 1. The lowest BCUT2D eigenvalue weighted by molar-refractivity contribution is 0.265. The zero-order valence-corrected chi connectivity index (χ0v) is 20.2. The van der Waals surface area contributed by atoms with Crippen LogP contribution in [0, 0.1) is 0 Å². The van der Waals surface area contributed by atoms with Crippen LogP contribution in [0.15, 0.2) is 23.2 Å². The number of aliphatic imine (C=N–C) groups is 1. The third kappa shape index (κ3) is 4.92. The molecule has 1 saturated heterocycles. The van der Waals surface area contributed by atoms with Crippen LogP contribution >= 0.6 is 23.4 Å². The molecule has 5 rings (SSSR count). The van der Waals surface area contributed by atoms with Crippen molar-refractivity contribution in [3.63, 3.8) is 0 Å². The van der Waals surface area contributed by atoms with E-state index in [0.29, 0.717) is 18.1 Å². The zero-order valence-electron chi connectivity index (χ0n) is 18.7. The van der Waals surface area contributed by atoms with E-state index in [4.69, 9.17) is 16.6 Å². The number of thioether (sulfide) groups is 1. The van der Waals surface area contributed by atoms with Crippen molar-refractivity contribution in [3.8, 4) is 0 Å². The molecule has 5 nitrogen and oxygen atoms in total. The van der Waals surface area contributed by atoms with Crippen molar-refractivity contribution in [2.75, 3.05) is 44.8 Å². The Labute approximate surface area is 195 Å². The second-order valence-corrected chi connectivity index (χ2v) is 11.1. The summed E-state index contributed by atoms with van der Waals surface area (Å²) in [7, 11) is 4.39. The van der Waals surface area contributed by atoms with E-state index in [1.165, 1.54) is 50.6 Å². The Hall–Kier alpha value is -1.21. The average Bonchev–Trinajstić information content (AvgIpc) is 3.51. The molecule has 1 saturated carbocycles. The lowest BCUT2D eigenvalue weighted by Gasteiger charge is -2.20. The van der Waals surface area contributed by atoms with E-state index < -0.39 is 0 Å². The molecule has 168 valence electrons. The second-order valence-electron chi connectivity index (χ2n) is 9.62. The fraction of sp³-hybridized carbons (Fsp3) is 0.625. The summed E-state index contributed by atoms with van der Waals surface area (Å²) in [4.78, 5) is 13.7. The van der Waals surface area contributed by atoms with E-state index in [-0.39, 0.29) is 0 Å². The highest BCUT2D eigenvalue weighted by atomic mass is 35.5. The van der Waals surface area contributed by atoms with Crippen molar-refractivity contribution >= 4 is 45.0 Å². The van der Waals surface area contributed by atoms with Crippen LogP contribution in [0.1, 0.15) is 44.2 Å². The van der Waals surface area contributed by atoms with Gasteiger partial charge in [-0.05, 0) is 64.5 Å². The molecule has 2 unspecified atom stereocenters. The van der Waals surface area contributed by atoms with Gasteiger partial charge in [0, 0.05) is 41.3 Å². The molecular formula is C24H34ClN5S. The van der Waals surface area contributed by atoms with Crippen LogP contribution in [-0.4, -0.2) is 77.4 Å². The van der Waals surface area contributed by atoms with Gasteiger partial charge in [-0.3, -0.25) is 4.99 Å². The number of likely N-dealkylation sites (tertiary alicyclic amines) is 1. The standard InChI is InChI=1S/C24H34ClN5S/c1-29(2)20-8-10-30(14-20)9-7-19-15-31-24(27-19)22-12-16-11-17(25)13-21(23(16)28-22)26-18-5-3-4-6-18/h11-13,18-20,26,28H,3-10,14-15H2,1-2H3. The minimum absolute atomic E-state index is 0.421. The fourth-order valence-corrected chi connectivity index (χ4v) is 6.51. The molecule has 0 spiro atoms. The third-order valence-electron chi connectivity index (χ3n) is 7.11. The van der Waals surface area contributed by atoms with Crippen molar-refractivity contribution in [2.45, 2.75) is 56.7 Å². The number of fused-ring (bicyclic) bond motifs is 1. The Bertz CT molecular complexity index is 949. The van der Waals surface area contributed by atoms with Crippen molar-refractivity contribution in [1.29, 1.82) is 0 Å². The number of likely N-dealkylation sites (N-methyl/N-ethyl adjacent to an activating group) is 1. The van der Waals surface area contributed by atoms with Crippen molar-refractivity contribution in [3.05, 3.63) is 28.9 Å². The largest absolute Gasteiger partial charge is 0.381 e. The summed E-state index contributed by atoms with van der Waals surface area (Å²) in [5.41, 5.74) is 3.42. The van der Waals surface area contributed by atoms with Gasteiger partial charge in [-0.25, -0.2) is 0 Å². The van der Waals surface area contributed by atoms with Crippen molar-refractivity contribution < 1.29 is 0 Å². The fourth-order valence-electron chi connectivity index (χ4n) is 5.21. The molecule has 2 aromatic rings. The molecule has 1 aromatic heterocycles. The maximum Gasteiger partial charge on any atom is 0.114 e. The maximum atomic E-state index is 6.44. The Morgan fingerprint density at radius 2 is 2.06 bits per heavy atom. The van der Waals surface area contributed by atoms with E-state index in [0.717, 1.165) is 45.7 Å². The number of aromatic amines is 1. The molecule has 3 aliphatic rings. The molecule has 2 N–H and O–H groups in total. The minimum atomic E-state index is 0.421. The van der Waals surface area contributed by atoms with Crippen LogP contribution in [0.25, 0.3) is 10.9 Å². The average molecular weight is 460 g/mol. The van der Waals surface area contributed by atoms with Crippen molar-refractivity contribution in [2.24, 2.45) is 4.99 Å². The van der Waals surface area contributed by atoms with Crippen LogP contribution in [0.4, 0.5) is 5.69 Å². The molecule has 3 heterocycles. The summed E-state index contributed by atoms with van der Waals surface area (Å²) in [5.74, 6) is 1.09. The van der Waals surface area contributed by atoms with Gasteiger partial charge in [-0.15, -0.1) is 11.8 Å². The summed E-state index contributed by atoms with van der Waals surface area (Å²) < 4.78 is 0. The van der Waals surface area contributed by atoms with Gasteiger partial charge in [0.05, 0.1) is 22.9 Å². The smallest absolute Gasteiger partial charge is 0.114 e. The minimum Gasteiger partial charge on any atom is -0.381 e. The molecule has 1 aliphatic carbocycles. The molecule has 0 bridgehead atoms. The first-order chi connectivity index (χ1) is 15.0. The molecule has 0 amide bonds. The number of nitrogens with zero attached hydrogens (tertiary/aromatic N) is 3. The first kappa shape index (κ1) is 21.6. The van der Waals surface area contributed by atoms with Crippen LogP contribution in [-0.2, 0) is 0 Å². The highest BCUT2D eigenvalue weighted by molar-refractivity contribution is 8.14. The summed E-state index contributed by atoms with van der Waals surface area (Å²) in [6.45, 7) is 3.58.